The number of carbonyl (C=O) groups excluding carboxylic acids is 1. The predicted octanol–water partition coefficient (Wildman–Crippen LogP) is 1.16. The summed E-state index contributed by atoms with van der Waals surface area (Å²) >= 11 is 0. The smallest absolute Gasteiger partial charge is 0.228 e. The Bertz CT molecular complexity index is 278. The van der Waals surface area contributed by atoms with Crippen molar-refractivity contribution in [2.75, 3.05) is 40.3 Å². The number of hydrogen-bond donors (Lipinski definition) is 1. The highest BCUT2D eigenvalue weighted by Gasteiger charge is 2.31. The molecule has 0 saturated carbocycles. The molecule has 1 atom stereocenters. The van der Waals surface area contributed by atoms with Crippen LogP contribution in [0.25, 0.3) is 0 Å². The zero-order valence-electron chi connectivity index (χ0n) is 12.4. The van der Waals surface area contributed by atoms with Gasteiger partial charge < -0.3 is 15.5 Å². The van der Waals surface area contributed by atoms with Crippen molar-refractivity contribution in [2.45, 2.75) is 33.1 Å². The van der Waals surface area contributed by atoms with Crippen LogP contribution in [0.2, 0.25) is 0 Å². The largest absolute Gasteiger partial charge is 0.345 e. The van der Waals surface area contributed by atoms with Gasteiger partial charge in [0.15, 0.2) is 0 Å². The van der Waals surface area contributed by atoms with Gasteiger partial charge in [0, 0.05) is 25.6 Å². The summed E-state index contributed by atoms with van der Waals surface area (Å²) in [6.45, 7) is 7.72. The fraction of sp³-hybridized carbons (Fsp3) is 0.929. The number of nitrogens with two attached hydrogens (primary N) is 1. The van der Waals surface area contributed by atoms with Gasteiger partial charge in [0.05, 0.1) is 0 Å². The maximum atomic E-state index is 12.4. The summed E-state index contributed by atoms with van der Waals surface area (Å²) < 4.78 is 0. The lowest BCUT2D eigenvalue weighted by Crippen LogP contribution is -2.44. The Morgan fingerprint density at radius 2 is 2.17 bits per heavy atom. The summed E-state index contributed by atoms with van der Waals surface area (Å²) in [5.41, 5.74) is 5.25. The van der Waals surface area contributed by atoms with Gasteiger partial charge in [-0.3, -0.25) is 4.79 Å². The summed E-state index contributed by atoms with van der Waals surface area (Å²) in [4.78, 5) is 16.6. The second-order valence-electron chi connectivity index (χ2n) is 6.38. The zero-order chi connectivity index (χ0) is 13.8. The molecule has 4 nitrogen and oxygen atoms in total. The molecule has 1 fully saturated rings. The van der Waals surface area contributed by atoms with Gasteiger partial charge >= 0.3 is 0 Å². The molecule has 1 unspecified atom stereocenters. The molecule has 1 aliphatic heterocycles. The Kier molecular flexibility index (Phi) is 5.60. The fourth-order valence-electron chi connectivity index (χ4n) is 2.88. The Balaban J connectivity index is 2.48. The van der Waals surface area contributed by atoms with Crippen LogP contribution in [-0.2, 0) is 4.79 Å². The molecule has 1 amide bonds. The minimum Gasteiger partial charge on any atom is -0.345 e. The highest BCUT2D eigenvalue weighted by Crippen LogP contribution is 2.24. The first kappa shape index (κ1) is 15.4. The summed E-state index contributed by atoms with van der Waals surface area (Å²) in [6.07, 6.45) is 3.23. The third-order valence-electron chi connectivity index (χ3n) is 3.95. The highest BCUT2D eigenvalue weighted by atomic mass is 16.2. The number of piperidine rings is 1. The van der Waals surface area contributed by atoms with Gasteiger partial charge in [-0.15, -0.1) is 0 Å². The van der Waals surface area contributed by atoms with Crippen molar-refractivity contribution in [1.82, 2.24) is 9.80 Å². The van der Waals surface area contributed by atoms with Gasteiger partial charge in [0.1, 0.15) is 0 Å². The molecule has 1 rings (SSSR count). The molecule has 0 aliphatic carbocycles. The van der Waals surface area contributed by atoms with E-state index in [1.807, 2.05) is 25.8 Å². The van der Waals surface area contributed by atoms with E-state index >= 15 is 0 Å². The number of nitrogens with zero attached hydrogens (tertiary/aromatic N) is 2. The van der Waals surface area contributed by atoms with Crippen LogP contribution in [-0.4, -0.2) is 56.0 Å². The van der Waals surface area contributed by atoms with E-state index < -0.39 is 0 Å². The van der Waals surface area contributed by atoms with Crippen molar-refractivity contribution in [3.8, 4) is 0 Å². The molecule has 106 valence electrons. The average Bonchev–Trinajstić information content (AvgIpc) is 2.27. The maximum Gasteiger partial charge on any atom is 0.228 e. The van der Waals surface area contributed by atoms with Crippen molar-refractivity contribution < 1.29 is 4.79 Å². The monoisotopic (exact) mass is 255 g/mol. The van der Waals surface area contributed by atoms with Crippen LogP contribution in [0.3, 0.4) is 0 Å². The van der Waals surface area contributed by atoms with E-state index in [2.05, 4.69) is 11.9 Å². The minimum atomic E-state index is -0.329. The lowest BCUT2D eigenvalue weighted by molar-refractivity contribution is -0.140. The van der Waals surface area contributed by atoms with Crippen LogP contribution >= 0.6 is 0 Å². The number of rotatable bonds is 5. The van der Waals surface area contributed by atoms with Crippen molar-refractivity contribution in [3.63, 3.8) is 0 Å². The molecule has 0 spiro atoms. The van der Waals surface area contributed by atoms with Crippen LogP contribution < -0.4 is 5.73 Å². The van der Waals surface area contributed by atoms with E-state index in [-0.39, 0.29) is 11.3 Å². The SMILES string of the molecule is CN1CCCC(CN(C)C(=O)C(C)(C)CCN)C1. The standard InChI is InChI=1S/C14H29N3O/c1-14(2,7-8-15)13(18)17(4)11-12-6-5-9-16(3)10-12/h12H,5-11,15H2,1-4H3. The van der Waals surface area contributed by atoms with E-state index in [0.717, 1.165) is 19.5 Å². The Morgan fingerprint density at radius 1 is 1.50 bits per heavy atom. The molecule has 0 aromatic heterocycles. The zero-order valence-corrected chi connectivity index (χ0v) is 12.4. The van der Waals surface area contributed by atoms with Crippen molar-refractivity contribution in [2.24, 2.45) is 17.1 Å². The summed E-state index contributed by atoms with van der Waals surface area (Å²) in [6, 6.07) is 0. The topological polar surface area (TPSA) is 49.6 Å². The third-order valence-corrected chi connectivity index (χ3v) is 3.95. The lowest BCUT2D eigenvalue weighted by Gasteiger charge is -2.35. The van der Waals surface area contributed by atoms with Crippen molar-refractivity contribution in [3.05, 3.63) is 0 Å². The van der Waals surface area contributed by atoms with E-state index in [4.69, 9.17) is 5.73 Å². The van der Waals surface area contributed by atoms with Crippen LogP contribution in [0.4, 0.5) is 0 Å². The molecule has 18 heavy (non-hydrogen) atoms. The molecule has 2 N–H and O–H groups in total. The van der Waals surface area contributed by atoms with Crippen LogP contribution in [0.5, 0.6) is 0 Å². The number of likely N-dealkylation sites (tertiary alicyclic amines) is 1. The molecule has 0 aromatic carbocycles. The highest BCUT2D eigenvalue weighted by molar-refractivity contribution is 5.81. The van der Waals surface area contributed by atoms with Gasteiger partial charge in [-0.25, -0.2) is 0 Å². The molecule has 1 saturated heterocycles. The Morgan fingerprint density at radius 3 is 2.72 bits per heavy atom. The Hall–Kier alpha value is -0.610. The molecule has 4 heteroatoms. The van der Waals surface area contributed by atoms with Gasteiger partial charge in [-0.1, -0.05) is 13.8 Å². The first-order valence-corrected chi connectivity index (χ1v) is 7.01. The van der Waals surface area contributed by atoms with Crippen LogP contribution in [0.15, 0.2) is 0 Å². The second kappa shape index (κ2) is 6.53. The first-order chi connectivity index (χ1) is 8.36. The third kappa shape index (κ3) is 4.25. The molecule has 1 heterocycles. The van der Waals surface area contributed by atoms with Gasteiger partial charge in [-0.2, -0.15) is 0 Å². The van der Waals surface area contributed by atoms with Crippen molar-refractivity contribution >= 4 is 5.91 Å². The van der Waals surface area contributed by atoms with Crippen molar-refractivity contribution in [1.29, 1.82) is 0 Å². The predicted molar refractivity (Wildman–Crippen MR) is 75.3 cm³/mol. The fourth-order valence-corrected chi connectivity index (χ4v) is 2.88. The van der Waals surface area contributed by atoms with Gasteiger partial charge in [-0.05, 0) is 45.3 Å². The molecule has 0 bridgehead atoms. The van der Waals surface area contributed by atoms with E-state index in [1.165, 1.54) is 19.4 Å². The summed E-state index contributed by atoms with van der Waals surface area (Å²) in [5, 5.41) is 0. The summed E-state index contributed by atoms with van der Waals surface area (Å²) in [7, 11) is 4.08. The summed E-state index contributed by atoms with van der Waals surface area (Å²) in [5.74, 6) is 0.840. The molecular weight excluding hydrogens is 226 g/mol. The van der Waals surface area contributed by atoms with Crippen LogP contribution in [0.1, 0.15) is 33.1 Å². The maximum absolute atomic E-state index is 12.4. The molecule has 1 aliphatic rings. The number of hydrogen-bond acceptors (Lipinski definition) is 3. The minimum absolute atomic E-state index is 0.223. The second-order valence-corrected chi connectivity index (χ2v) is 6.38. The van der Waals surface area contributed by atoms with E-state index in [9.17, 15) is 4.79 Å². The number of amides is 1. The average molecular weight is 255 g/mol. The van der Waals surface area contributed by atoms with E-state index in [0.29, 0.717) is 12.5 Å². The number of carbonyl (C=O) groups is 1. The normalized spacial score (nSPS) is 21.9. The van der Waals surface area contributed by atoms with Gasteiger partial charge in [0.2, 0.25) is 5.91 Å². The first-order valence-electron chi connectivity index (χ1n) is 7.01. The molecular formula is C14H29N3O. The molecule has 0 aromatic rings. The van der Waals surface area contributed by atoms with Crippen LogP contribution in [0, 0.1) is 11.3 Å². The lowest BCUT2D eigenvalue weighted by atomic mass is 9.87. The van der Waals surface area contributed by atoms with E-state index in [1.54, 1.807) is 0 Å². The Labute approximate surface area is 111 Å². The van der Waals surface area contributed by atoms with Gasteiger partial charge in [0.25, 0.3) is 0 Å². The quantitative estimate of drug-likeness (QED) is 0.802. The molecule has 0 radical (unpaired) electrons.